The summed E-state index contributed by atoms with van der Waals surface area (Å²) < 4.78 is 29.5. The average Bonchev–Trinajstić information content (AvgIpc) is 2.87. The maximum Gasteiger partial charge on any atom is 0.274 e. The molecule has 1 aromatic carbocycles. The van der Waals surface area contributed by atoms with E-state index in [0.29, 0.717) is 25.1 Å². The molecule has 2 aliphatic heterocycles. The van der Waals surface area contributed by atoms with Gasteiger partial charge in [0.1, 0.15) is 17.2 Å². The number of nitrogens with zero attached hydrogens (tertiary/aromatic N) is 2. The van der Waals surface area contributed by atoms with Gasteiger partial charge in [0.15, 0.2) is 11.4 Å². The van der Waals surface area contributed by atoms with Gasteiger partial charge < -0.3 is 19.9 Å². The zero-order valence-corrected chi connectivity index (χ0v) is 17.0. The summed E-state index contributed by atoms with van der Waals surface area (Å²) in [6.45, 7) is 3.81. The van der Waals surface area contributed by atoms with Crippen LogP contribution in [0, 0.1) is 18.6 Å². The van der Waals surface area contributed by atoms with Crippen molar-refractivity contribution in [1.82, 2.24) is 14.8 Å². The van der Waals surface area contributed by atoms with Crippen LogP contribution in [0.4, 0.5) is 8.78 Å². The first-order chi connectivity index (χ1) is 14.7. The van der Waals surface area contributed by atoms with E-state index < -0.39 is 46.7 Å². The van der Waals surface area contributed by atoms with E-state index in [1.54, 1.807) is 4.90 Å². The Morgan fingerprint density at radius 1 is 1.23 bits per heavy atom. The maximum absolute atomic E-state index is 14.0. The van der Waals surface area contributed by atoms with Gasteiger partial charge in [-0.2, -0.15) is 0 Å². The summed E-state index contributed by atoms with van der Waals surface area (Å²) in [6.07, 6.45) is 3.82. The SMILES string of the molecule is CC1=CC2CN(CC1)C(=O)c1c(O)c(=O)c(C(=O)NCc3c(F)cc(C)cc3F)cn12. The summed E-state index contributed by atoms with van der Waals surface area (Å²) in [5.41, 5.74) is -0.488. The highest BCUT2D eigenvalue weighted by Crippen LogP contribution is 2.30. The monoisotopic (exact) mass is 429 g/mol. The zero-order valence-electron chi connectivity index (χ0n) is 17.0. The summed E-state index contributed by atoms with van der Waals surface area (Å²) in [4.78, 5) is 39.6. The fraction of sp³-hybridized carbons (Fsp3) is 0.318. The summed E-state index contributed by atoms with van der Waals surface area (Å²) in [6, 6.07) is 1.94. The van der Waals surface area contributed by atoms with Crippen LogP contribution < -0.4 is 10.7 Å². The number of rotatable bonds is 3. The Balaban J connectivity index is 1.70. The standard InChI is InChI=1S/C22H21F2N3O4/c1-11-3-4-26-9-13(5-11)27-10-15(19(28)20(29)18(27)22(26)31)21(30)25-8-14-16(23)6-12(2)7-17(14)24/h5-7,10,13,29H,3-4,8-9H2,1-2H3,(H,25,30). The quantitative estimate of drug-likeness (QED) is 0.733. The molecule has 1 atom stereocenters. The molecule has 2 bridgehead atoms. The molecule has 0 radical (unpaired) electrons. The van der Waals surface area contributed by atoms with Gasteiger partial charge in [-0.1, -0.05) is 11.6 Å². The number of fused-ring (bicyclic) bond motifs is 4. The fourth-order valence-electron chi connectivity index (χ4n) is 4.01. The first kappa shape index (κ1) is 20.8. The number of benzene rings is 1. The van der Waals surface area contributed by atoms with Crippen LogP contribution in [0.15, 0.2) is 34.8 Å². The molecule has 0 fully saturated rings. The predicted molar refractivity (Wildman–Crippen MR) is 108 cm³/mol. The fourth-order valence-corrected chi connectivity index (χ4v) is 4.01. The molecule has 1 aromatic heterocycles. The average molecular weight is 429 g/mol. The first-order valence-corrected chi connectivity index (χ1v) is 9.84. The van der Waals surface area contributed by atoms with Crippen molar-refractivity contribution < 1.29 is 23.5 Å². The second-order valence-electron chi connectivity index (χ2n) is 7.95. The highest BCUT2D eigenvalue weighted by molar-refractivity contribution is 5.99. The van der Waals surface area contributed by atoms with Crippen LogP contribution in [0.5, 0.6) is 5.75 Å². The molecular formula is C22H21F2N3O4. The van der Waals surface area contributed by atoms with Crippen molar-refractivity contribution >= 4 is 11.8 Å². The van der Waals surface area contributed by atoms with Crippen molar-refractivity contribution in [1.29, 1.82) is 0 Å². The predicted octanol–water partition coefficient (Wildman–Crippen LogP) is 2.42. The van der Waals surface area contributed by atoms with Gasteiger partial charge in [-0.3, -0.25) is 14.4 Å². The molecule has 0 spiro atoms. The Morgan fingerprint density at radius 2 is 1.90 bits per heavy atom. The number of carbonyl (C=O) groups excluding carboxylic acids is 2. The molecular weight excluding hydrogens is 408 g/mol. The number of pyridine rings is 1. The van der Waals surface area contributed by atoms with E-state index >= 15 is 0 Å². The topological polar surface area (TPSA) is 91.6 Å². The minimum atomic E-state index is -1.01. The van der Waals surface area contributed by atoms with Gasteiger partial charge in [0.2, 0.25) is 5.43 Å². The second kappa shape index (κ2) is 7.64. The lowest BCUT2D eigenvalue weighted by molar-refractivity contribution is 0.0687. The van der Waals surface area contributed by atoms with Crippen molar-refractivity contribution in [3.05, 3.63) is 74.2 Å². The summed E-state index contributed by atoms with van der Waals surface area (Å²) >= 11 is 0. The minimum absolute atomic E-state index is 0.167. The summed E-state index contributed by atoms with van der Waals surface area (Å²) in [5, 5.41) is 12.8. The van der Waals surface area contributed by atoms with Crippen molar-refractivity contribution in [2.24, 2.45) is 0 Å². The van der Waals surface area contributed by atoms with Crippen molar-refractivity contribution in [2.75, 3.05) is 13.1 Å². The van der Waals surface area contributed by atoms with E-state index in [0.717, 1.165) is 17.7 Å². The second-order valence-corrected chi connectivity index (χ2v) is 7.95. The number of aromatic hydroxyl groups is 1. The molecule has 9 heteroatoms. The molecule has 2 aromatic rings. The number of carbonyl (C=O) groups is 2. The molecule has 2 N–H and O–H groups in total. The van der Waals surface area contributed by atoms with Gasteiger partial charge in [0, 0.05) is 31.4 Å². The highest BCUT2D eigenvalue weighted by Gasteiger charge is 2.35. The van der Waals surface area contributed by atoms with E-state index in [1.807, 2.05) is 13.0 Å². The minimum Gasteiger partial charge on any atom is -0.503 e. The van der Waals surface area contributed by atoms with Gasteiger partial charge in [-0.15, -0.1) is 0 Å². The molecule has 4 rings (SSSR count). The van der Waals surface area contributed by atoms with E-state index in [9.17, 15) is 28.3 Å². The third-order valence-electron chi connectivity index (χ3n) is 5.67. The normalized spacial score (nSPS) is 17.7. The molecule has 31 heavy (non-hydrogen) atoms. The summed E-state index contributed by atoms with van der Waals surface area (Å²) in [7, 11) is 0. The molecule has 2 amide bonds. The molecule has 7 nitrogen and oxygen atoms in total. The Labute approximate surface area is 176 Å². The Bertz CT molecular complexity index is 1180. The van der Waals surface area contributed by atoms with Crippen molar-refractivity contribution in [3.63, 3.8) is 0 Å². The molecule has 2 aliphatic rings. The Hall–Kier alpha value is -3.49. The number of nitrogens with one attached hydrogen (secondary N) is 1. The lowest BCUT2D eigenvalue weighted by Gasteiger charge is -2.33. The van der Waals surface area contributed by atoms with Gasteiger partial charge in [-0.25, -0.2) is 8.78 Å². The smallest absolute Gasteiger partial charge is 0.274 e. The van der Waals surface area contributed by atoms with E-state index in [4.69, 9.17) is 0 Å². The van der Waals surface area contributed by atoms with Crippen LogP contribution in [-0.4, -0.2) is 39.5 Å². The Kier molecular flexibility index (Phi) is 5.12. The van der Waals surface area contributed by atoms with E-state index in [-0.39, 0.29) is 17.3 Å². The van der Waals surface area contributed by atoms with Gasteiger partial charge in [-0.05, 0) is 38.0 Å². The van der Waals surface area contributed by atoms with Crippen LogP contribution in [0.1, 0.15) is 51.4 Å². The van der Waals surface area contributed by atoms with Crippen LogP contribution >= 0.6 is 0 Å². The van der Waals surface area contributed by atoms with Gasteiger partial charge in [0.05, 0.1) is 6.04 Å². The molecule has 0 saturated heterocycles. The van der Waals surface area contributed by atoms with Crippen molar-refractivity contribution in [3.8, 4) is 5.75 Å². The first-order valence-electron chi connectivity index (χ1n) is 9.84. The number of amides is 2. The highest BCUT2D eigenvalue weighted by atomic mass is 19.1. The molecule has 162 valence electrons. The van der Waals surface area contributed by atoms with Gasteiger partial charge >= 0.3 is 0 Å². The summed E-state index contributed by atoms with van der Waals surface area (Å²) in [5.74, 6) is -3.82. The van der Waals surface area contributed by atoms with Gasteiger partial charge in [0.25, 0.3) is 11.8 Å². The molecule has 0 saturated carbocycles. The third kappa shape index (κ3) is 3.60. The van der Waals surface area contributed by atoms with Crippen LogP contribution in [0.3, 0.4) is 0 Å². The molecule has 0 aliphatic carbocycles. The number of aryl methyl sites for hydroxylation is 1. The number of halogens is 2. The van der Waals surface area contributed by atoms with Crippen molar-refractivity contribution in [2.45, 2.75) is 32.9 Å². The molecule has 1 unspecified atom stereocenters. The lowest BCUT2D eigenvalue weighted by Crippen LogP contribution is -2.44. The van der Waals surface area contributed by atoms with E-state index in [1.165, 1.54) is 17.7 Å². The zero-order chi connectivity index (χ0) is 22.4. The Morgan fingerprint density at radius 3 is 2.58 bits per heavy atom. The largest absolute Gasteiger partial charge is 0.503 e. The van der Waals surface area contributed by atoms with Crippen LogP contribution in [0.2, 0.25) is 0 Å². The van der Waals surface area contributed by atoms with Crippen LogP contribution in [0.25, 0.3) is 0 Å². The number of aromatic nitrogens is 1. The molecule has 3 heterocycles. The maximum atomic E-state index is 14.0. The number of hydrogen-bond donors (Lipinski definition) is 2. The number of hydrogen-bond acceptors (Lipinski definition) is 4. The van der Waals surface area contributed by atoms with E-state index in [2.05, 4.69) is 5.32 Å². The lowest BCUT2D eigenvalue weighted by atomic mass is 10.1. The van der Waals surface area contributed by atoms with Crippen LogP contribution in [-0.2, 0) is 6.54 Å². The third-order valence-corrected chi connectivity index (χ3v) is 5.67.